The van der Waals surface area contributed by atoms with Crippen LogP contribution in [0.5, 0.6) is 0 Å². The molecule has 0 spiro atoms. The summed E-state index contributed by atoms with van der Waals surface area (Å²) in [5.41, 5.74) is 1.88. The average Bonchev–Trinajstić information content (AvgIpc) is 2.68. The minimum absolute atomic E-state index is 0.114. The van der Waals surface area contributed by atoms with Crippen LogP contribution in [0.1, 0.15) is 25.0 Å². The maximum absolute atomic E-state index is 13.0. The fraction of sp³-hybridized carbons (Fsp3) is 0.333. The van der Waals surface area contributed by atoms with Crippen LogP contribution in [0.4, 0.5) is 0 Å². The predicted octanol–water partition coefficient (Wildman–Crippen LogP) is 5.54. The molecule has 0 fully saturated rings. The van der Waals surface area contributed by atoms with Gasteiger partial charge in [0, 0.05) is 33.4 Å². The fourth-order valence-electron chi connectivity index (χ4n) is 2.66. The number of hydrogen-bond donors (Lipinski definition) is 1. The van der Waals surface area contributed by atoms with Gasteiger partial charge in [-0.3, -0.25) is 9.59 Å². The average molecular weight is 518 g/mol. The molecule has 29 heavy (non-hydrogen) atoms. The maximum Gasteiger partial charge on any atom is 0.242 e. The Morgan fingerprint density at radius 2 is 1.86 bits per heavy atom. The highest BCUT2D eigenvalue weighted by Crippen LogP contribution is 2.24. The van der Waals surface area contributed by atoms with Crippen molar-refractivity contribution in [3.8, 4) is 0 Å². The molecule has 0 bridgehead atoms. The van der Waals surface area contributed by atoms with Gasteiger partial charge < -0.3 is 10.2 Å². The molecule has 0 aliphatic rings. The van der Waals surface area contributed by atoms with Crippen LogP contribution in [-0.2, 0) is 21.9 Å². The van der Waals surface area contributed by atoms with Crippen LogP contribution in [0.3, 0.4) is 0 Å². The van der Waals surface area contributed by atoms with Crippen LogP contribution in [0, 0.1) is 0 Å². The van der Waals surface area contributed by atoms with Gasteiger partial charge >= 0.3 is 0 Å². The van der Waals surface area contributed by atoms with Crippen molar-refractivity contribution in [1.82, 2.24) is 10.2 Å². The van der Waals surface area contributed by atoms with Gasteiger partial charge in [0.25, 0.3) is 0 Å². The summed E-state index contributed by atoms with van der Waals surface area (Å²) in [6.07, 6.45) is 0. The second-order valence-electron chi connectivity index (χ2n) is 6.45. The molecule has 0 saturated heterocycles. The number of carbonyl (C=O) groups excluding carboxylic acids is 2. The molecule has 2 amide bonds. The fourth-order valence-corrected chi connectivity index (χ4v) is 4.26. The van der Waals surface area contributed by atoms with Crippen molar-refractivity contribution >= 4 is 62.7 Å². The molecule has 1 N–H and O–H groups in total. The quantitative estimate of drug-likeness (QED) is 0.474. The molecule has 156 valence electrons. The predicted molar refractivity (Wildman–Crippen MR) is 125 cm³/mol. The second kappa shape index (κ2) is 11.8. The van der Waals surface area contributed by atoms with Crippen molar-refractivity contribution in [2.24, 2.45) is 0 Å². The van der Waals surface area contributed by atoms with E-state index in [1.54, 1.807) is 30.0 Å². The molecule has 2 rings (SSSR count). The van der Waals surface area contributed by atoms with E-state index in [0.717, 1.165) is 15.6 Å². The van der Waals surface area contributed by atoms with E-state index in [9.17, 15) is 9.59 Å². The lowest BCUT2D eigenvalue weighted by Gasteiger charge is -2.29. The lowest BCUT2D eigenvalue weighted by molar-refractivity contribution is -0.138. The van der Waals surface area contributed by atoms with Crippen molar-refractivity contribution < 1.29 is 9.59 Å². The zero-order valence-corrected chi connectivity index (χ0v) is 20.2. The first kappa shape index (κ1) is 24.1. The van der Waals surface area contributed by atoms with Gasteiger partial charge in [0.1, 0.15) is 6.04 Å². The van der Waals surface area contributed by atoms with Gasteiger partial charge in [0.2, 0.25) is 11.8 Å². The minimum atomic E-state index is -0.609. The summed E-state index contributed by atoms with van der Waals surface area (Å²) in [7, 11) is 0. The molecule has 4 nitrogen and oxygen atoms in total. The smallest absolute Gasteiger partial charge is 0.242 e. The third-order valence-electron chi connectivity index (χ3n) is 4.28. The standard InChI is InChI=1S/C21H23BrCl2N2O2S/c1-3-25-21(28)14(2)26(11-16-6-9-18(23)10-19(16)24)20(27)13-29-12-15-4-7-17(22)8-5-15/h4-10,14H,3,11-13H2,1-2H3,(H,25,28)/t14-/m1/s1. The Morgan fingerprint density at radius 3 is 2.48 bits per heavy atom. The largest absolute Gasteiger partial charge is 0.355 e. The molecule has 0 saturated carbocycles. The van der Waals surface area contributed by atoms with Gasteiger partial charge in [0.15, 0.2) is 0 Å². The molecule has 0 aliphatic heterocycles. The van der Waals surface area contributed by atoms with E-state index in [1.807, 2.05) is 31.2 Å². The summed E-state index contributed by atoms with van der Waals surface area (Å²) in [5, 5.41) is 3.78. The van der Waals surface area contributed by atoms with Crippen molar-refractivity contribution in [3.63, 3.8) is 0 Å². The van der Waals surface area contributed by atoms with Gasteiger partial charge in [0.05, 0.1) is 5.75 Å². The zero-order valence-electron chi connectivity index (χ0n) is 16.3. The Balaban J connectivity index is 2.09. The zero-order chi connectivity index (χ0) is 21.4. The van der Waals surface area contributed by atoms with Crippen LogP contribution >= 0.6 is 50.9 Å². The first-order valence-corrected chi connectivity index (χ1v) is 11.9. The summed E-state index contributed by atoms with van der Waals surface area (Å²) in [6, 6.07) is 12.5. The Labute approximate surface area is 194 Å². The number of benzene rings is 2. The highest BCUT2D eigenvalue weighted by atomic mass is 79.9. The molecule has 1 atom stereocenters. The van der Waals surface area contributed by atoms with Crippen LogP contribution < -0.4 is 5.32 Å². The Morgan fingerprint density at radius 1 is 1.17 bits per heavy atom. The molecule has 2 aromatic carbocycles. The van der Waals surface area contributed by atoms with E-state index >= 15 is 0 Å². The van der Waals surface area contributed by atoms with Gasteiger partial charge in [-0.05, 0) is 49.2 Å². The van der Waals surface area contributed by atoms with Gasteiger partial charge in [-0.25, -0.2) is 0 Å². The molecule has 8 heteroatoms. The van der Waals surface area contributed by atoms with Gasteiger partial charge in [-0.1, -0.05) is 57.3 Å². The molecule has 0 unspecified atom stereocenters. The number of hydrogen-bond acceptors (Lipinski definition) is 3. The monoisotopic (exact) mass is 516 g/mol. The summed E-state index contributed by atoms with van der Waals surface area (Å²) in [6.45, 7) is 4.32. The highest BCUT2D eigenvalue weighted by Gasteiger charge is 2.26. The van der Waals surface area contributed by atoms with Crippen molar-refractivity contribution in [3.05, 3.63) is 68.1 Å². The lowest BCUT2D eigenvalue weighted by Crippen LogP contribution is -2.48. The van der Waals surface area contributed by atoms with Crippen LogP contribution in [0.2, 0.25) is 10.0 Å². The molecule has 0 aliphatic carbocycles. The second-order valence-corrected chi connectivity index (χ2v) is 9.19. The summed E-state index contributed by atoms with van der Waals surface area (Å²) >= 11 is 17.2. The van der Waals surface area contributed by atoms with Crippen molar-refractivity contribution in [1.29, 1.82) is 0 Å². The van der Waals surface area contributed by atoms with E-state index < -0.39 is 6.04 Å². The van der Waals surface area contributed by atoms with Crippen LogP contribution in [0.15, 0.2) is 46.9 Å². The highest BCUT2D eigenvalue weighted by molar-refractivity contribution is 9.10. The lowest BCUT2D eigenvalue weighted by atomic mass is 10.1. The number of amides is 2. The first-order chi connectivity index (χ1) is 13.8. The SMILES string of the molecule is CCNC(=O)[C@@H](C)N(Cc1ccc(Cl)cc1Cl)C(=O)CSCc1ccc(Br)cc1. The first-order valence-electron chi connectivity index (χ1n) is 9.15. The number of nitrogens with zero attached hydrogens (tertiary/aromatic N) is 1. The Hall–Kier alpha value is -1.21. The topological polar surface area (TPSA) is 49.4 Å². The van der Waals surface area contributed by atoms with Gasteiger partial charge in [-0.15, -0.1) is 11.8 Å². The number of carbonyl (C=O) groups is 2. The third kappa shape index (κ3) is 7.52. The van der Waals surface area contributed by atoms with E-state index in [-0.39, 0.29) is 24.1 Å². The van der Waals surface area contributed by atoms with Crippen molar-refractivity contribution in [2.75, 3.05) is 12.3 Å². The van der Waals surface area contributed by atoms with Crippen LogP contribution in [0.25, 0.3) is 0 Å². The maximum atomic E-state index is 13.0. The number of rotatable bonds is 9. The molecular formula is C21H23BrCl2N2O2S. The molecule has 0 aromatic heterocycles. The molecular weight excluding hydrogens is 495 g/mol. The Bertz CT molecular complexity index is 849. The van der Waals surface area contributed by atoms with Crippen molar-refractivity contribution in [2.45, 2.75) is 32.2 Å². The summed E-state index contributed by atoms with van der Waals surface area (Å²) in [4.78, 5) is 26.9. The van der Waals surface area contributed by atoms with E-state index in [2.05, 4.69) is 21.2 Å². The molecule has 2 aromatic rings. The van der Waals surface area contributed by atoms with E-state index in [4.69, 9.17) is 23.2 Å². The Kier molecular flexibility index (Phi) is 9.83. The number of nitrogens with one attached hydrogen (secondary N) is 1. The number of halogens is 3. The molecule has 0 radical (unpaired) electrons. The van der Waals surface area contributed by atoms with Gasteiger partial charge in [-0.2, -0.15) is 0 Å². The molecule has 0 heterocycles. The minimum Gasteiger partial charge on any atom is -0.355 e. The number of thioether (sulfide) groups is 1. The normalized spacial score (nSPS) is 11.8. The van der Waals surface area contributed by atoms with E-state index in [0.29, 0.717) is 22.3 Å². The van der Waals surface area contributed by atoms with E-state index in [1.165, 1.54) is 11.8 Å². The third-order valence-corrected chi connectivity index (χ3v) is 6.39. The summed E-state index contributed by atoms with van der Waals surface area (Å²) in [5.74, 6) is 0.676. The summed E-state index contributed by atoms with van der Waals surface area (Å²) < 4.78 is 1.02. The van der Waals surface area contributed by atoms with Crippen LogP contribution in [-0.4, -0.2) is 35.1 Å². The number of likely N-dealkylation sites (N-methyl/N-ethyl adjacent to an activating group) is 1.